The third kappa shape index (κ3) is 5.19. The van der Waals surface area contributed by atoms with Crippen LogP contribution in [0.3, 0.4) is 0 Å². The van der Waals surface area contributed by atoms with Crippen LogP contribution < -0.4 is 21.9 Å². The minimum atomic E-state index is -1.22. The van der Waals surface area contributed by atoms with Crippen molar-refractivity contribution in [1.82, 2.24) is 0 Å². The maximum atomic E-state index is 2.70. The zero-order valence-electron chi connectivity index (χ0n) is 27.1. The number of rotatable bonds is 5. The van der Waals surface area contributed by atoms with E-state index in [0.29, 0.717) is 10.8 Å². The van der Waals surface area contributed by atoms with E-state index >= 15 is 0 Å². The second kappa shape index (κ2) is 12.0. The maximum absolute atomic E-state index is 2.70. The molecular weight excluding hydrogens is 541 g/mol. The molecule has 2 bridgehead atoms. The summed E-state index contributed by atoms with van der Waals surface area (Å²) in [6, 6.07) is 53.2. The first-order valence-corrected chi connectivity index (χ1v) is 17.0. The molecular formula is C43H46BN. The van der Waals surface area contributed by atoms with Crippen molar-refractivity contribution < 1.29 is 4.58 Å². The van der Waals surface area contributed by atoms with Gasteiger partial charge in [0.2, 0.25) is 0 Å². The summed E-state index contributed by atoms with van der Waals surface area (Å²) in [5, 5.41) is 0. The monoisotopic (exact) mass is 587 g/mol. The molecule has 0 saturated heterocycles. The van der Waals surface area contributed by atoms with Crippen molar-refractivity contribution in [3.05, 3.63) is 157 Å². The smallest absolute Gasteiger partial charge is 0.171 e. The van der Waals surface area contributed by atoms with Gasteiger partial charge in [-0.1, -0.05) is 160 Å². The van der Waals surface area contributed by atoms with Gasteiger partial charge < -0.3 is 0 Å². The predicted octanol–water partition coefficient (Wildman–Crippen LogP) is 6.95. The highest BCUT2D eigenvalue weighted by molar-refractivity contribution is 7.19. The maximum Gasteiger partial charge on any atom is 0.171 e. The summed E-state index contributed by atoms with van der Waals surface area (Å²) >= 11 is 0. The molecule has 2 saturated carbocycles. The lowest BCUT2D eigenvalue weighted by molar-refractivity contribution is -0.593. The molecule has 0 aromatic heterocycles. The van der Waals surface area contributed by atoms with Crippen molar-refractivity contribution in [2.24, 2.45) is 16.7 Å². The van der Waals surface area contributed by atoms with Crippen molar-refractivity contribution in [3.8, 4) is 0 Å². The molecule has 1 nitrogen and oxygen atoms in total. The van der Waals surface area contributed by atoms with E-state index in [1.54, 1.807) is 0 Å². The quantitative estimate of drug-likeness (QED) is 0.155. The van der Waals surface area contributed by atoms with Gasteiger partial charge >= 0.3 is 0 Å². The highest BCUT2D eigenvalue weighted by Crippen LogP contribution is 2.63. The van der Waals surface area contributed by atoms with E-state index < -0.39 is 6.15 Å². The van der Waals surface area contributed by atoms with Crippen LogP contribution in [0.4, 0.5) is 0 Å². The molecule has 1 heterocycles. The van der Waals surface area contributed by atoms with Gasteiger partial charge in [-0.15, -0.1) is 0 Å². The Morgan fingerprint density at radius 1 is 0.578 bits per heavy atom. The molecule has 2 fully saturated rings. The van der Waals surface area contributed by atoms with Gasteiger partial charge in [0.15, 0.2) is 12.3 Å². The van der Waals surface area contributed by atoms with E-state index in [1.165, 1.54) is 65.2 Å². The Kier molecular flexibility index (Phi) is 7.86. The van der Waals surface area contributed by atoms with E-state index in [0.717, 1.165) is 12.0 Å². The van der Waals surface area contributed by atoms with Gasteiger partial charge in [-0.05, 0) is 36.8 Å². The van der Waals surface area contributed by atoms with Crippen LogP contribution in [0.15, 0.2) is 146 Å². The third-order valence-corrected chi connectivity index (χ3v) is 11.7. The molecule has 5 aromatic carbocycles. The summed E-state index contributed by atoms with van der Waals surface area (Å²) in [4.78, 5) is 0. The third-order valence-electron chi connectivity index (χ3n) is 11.7. The van der Waals surface area contributed by atoms with E-state index in [9.17, 15) is 0 Å². The second-order valence-electron chi connectivity index (χ2n) is 14.6. The lowest BCUT2D eigenvalue weighted by Crippen LogP contribution is -2.74. The van der Waals surface area contributed by atoms with Crippen LogP contribution in [0.5, 0.6) is 0 Å². The molecule has 3 atom stereocenters. The normalized spacial score (nSPS) is 23.0. The van der Waals surface area contributed by atoms with Gasteiger partial charge in [-0.25, -0.2) is 4.58 Å². The van der Waals surface area contributed by atoms with Crippen molar-refractivity contribution in [2.75, 3.05) is 6.54 Å². The van der Waals surface area contributed by atoms with Gasteiger partial charge in [-0.2, -0.15) is 21.9 Å². The molecule has 8 rings (SSSR count). The van der Waals surface area contributed by atoms with Gasteiger partial charge in [0.1, 0.15) is 12.7 Å². The van der Waals surface area contributed by atoms with Crippen LogP contribution in [0.1, 0.15) is 51.2 Å². The molecule has 45 heavy (non-hydrogen) atoms. The topological polar surface area (TPSA) is 3.01 Å². The minimum Gasteiger partial charge on any atom is -0.231 e. The predicted molar refractivity (Wildman–Crippen MR) is 194 cm³/mol. The zero-order valence-corrected chi connectivity index (χ0v) is 27.1. The Bertz CT molecular complexity index is 1590. The summed E-state index contributed by atoms with van der Waals surface area (Å²) in [6.45, 7) is 8.77. The molecule has 2 heteroatoms. The highest BCUT2D eigenvalue weighted by Gasteiger charge is 2.64. The SMILES string of the molecule is CC1(C)[C@H]2CC[C@](C)(C2)[C@H]1[N+]1=Cc2ccccc2CC1.c1ccc([B-](c2ccccc2)(c2ccccc2)c2ccccc2)cc1. The molecule has 0 amide bonds. The van der Waals surface area contributed by atoms with Crippen molar-refractivity contribution >= 4 is 34.2 Å². The average Bonchev–Trinajstić information content (AvgIpc) is 3.59. The van der Waals surface area contributed by atoms with Crippen LogP contribution in [-0.4, -0.2) is 29.5 Å². The summed E-state index contributed by atoms with van der Waals surface area (Å²) < 4.78 is 2.70. The number of nitrogens with zero attached hydrogens (tertiary/aromatic N) is 1. The first kappa shape index (κ1) is 29.5. The molecule has 3 aliphatic rings. The van der Waals surface area contributed by atoms with Gasteiger partial charge in [-0.3, -0.25) is 0 Å². The fraction of sp³-hybridized carbons (Fsp3) is 0.279. The van der Waals surface area contributed by atoms with E-state index in [1.807, 2.05) is 0 Å². The van der Waals surface area contributed by atoms with Crippen LogP contribution in [-0.2, 0) is 6.42 Å². The van der Waals surface area contributed by atoms with Crippen LogP contribution >= 0.6 is 0 Å². The van der Waals surface area contributed by atoms with Crippen LogP contribution in [0.2, 0.25) is 0 Å². The van der Waals surface area contributed by atoms with Crippen molar-refractivity contribution in [2.45, 2.75) is 52.5 Å². The summed E-state index contributed by atoms with van der Waals surface area (Å²) in [5.41, 5.74) is 9.33. The number of fused-ring (bicyclic) bond motifs is 3. The molecule has 0 radical (unpaired) electrons. The Labute approximate surface area is 270 Å². The second-order valence-corrected chi connectivity index (χ2v) is 14.6. The first-order valence-electron chi connectivity index (χ1n) is 17.0. The van der Waals surface area contributed by atoms with Crippen LogP contribution in [0.25, 0.3) is 0 Å². The lowest BCUT2D eigenvalue weighted by atomic mass is 9.13. The van der Waals surface area contributed by atoms with Gasteiger partial charge in [0.25, 0.3) is 0 Å². The molecule has 226 valence electrons. The molecule has 1 aliphatic heterocycles. The summed E-state index contributed by atoms with van der Waals surface area (Å²) in [6.07, 6.45) is 6.77. The van der Waals surface area contributed by atoms with Crippen molar-refractivity contribution in [1.29, 1.82) is 0 Å². The van der Waals surface area contributed by atoms with E-state index in [4.69, 9.17) is 0 Å². The summed E-state index contributed by atoms with van der Waals surface area (Å²) in [7, 11) is 0. The Hall–Kier alpha value is -4.17. The molecule has 0 N–H and O–H groups in total. The largest absolute Gasteiger partial charge is 0.231 e. The fourth-order valence-corrected chi connectivity index (χ4v) is 9.81. The fourth-order valence-electron chi connectivity index (χ4n) is 9.81. The number of hydrogen-bond donors (Lipinski definition) is 0. The standard InChI is InChI=1S/C24H20B.C19H26N/c1-5-13-21(14-6-1)25(22-15-7-2-8-16-22,23-17-9-3-10-18-23)24-19-11-4-12-20-24;1-18(2)16-8-10-19(3,12-16)17(18)20-11-9-14-6-4-5-7-15(14)13-20/h1-20H;4-7,13,16-17H,8-12H2,1-3H3/q-1;+1/t;16-,17-,19+/m.0/s1. The molecule has 0 spiro atoms. The number of hydrogen-bond acceptors (Lipinski definition) is 0. The van der Waals surface area contributed by atoms with E-state index in [2.05, 4.69) is 177 Å². The average molecular weight is 588 g/mol. The summed E-state index contributed by atoms with van der Waals surface area (Å²) in [5.74, 6) is 0.933. The van der Waals surface area contributed by atoms with Crippen LogP contribution in [0, 0.1) is 16.7 Å². The Balaban J connectivity index is 0.000000148. The van der Waals surface area contributed by atoms with Crippen molar-refractivity contribution in [3.63, 3.8) is 0 Å². The minimum absolute atomic E-state index is 0.468. The highest BCUT2D eigenvalue weighted by atomic mass is 15.1. The lowest BCUT2D eigenvalue weighted by Gasteiger charge is -2.44. The van der Waals surface area contributed by atoms with E-state index in [-0.39, 0.29) is 0 Å². The zero-order chi connectivity index (χ0) is 30.9. The molecule has 2 aliphatic carbocycles. The van der Waals surface area contributed by atoms with Gasteiger partial charge in [0.05, 0.1) is 0 Å². The Morgan fingerprint density at radius 3 is 1.47 bits per heavy atom. The molecule has 0 unspecified atom stereocenters. The van der Waals surface area contributed by atoms with Gasteiger partial charge in [0, 0.05) is 22.8 Å². The first-order chi connectivity index (χ1) is 21.9. The number of benzene rings is 5. The Morgan fingerprint density at radius 2 is 1.02 bits per heavy atom. The molecule has 5 aromatic rings.